The standard InChI is InChI=1S/C24H30ClN3O2/c1-3-17(2)26-24(30)20-11-5-7-13-22(20)27-23(29)19-10-8-14-28(16-19)15-18-9-4-6-12-21(18)25/h4-7,9,11-13,17,19H,3,8,10,14-16H2,1-2H3,(H,26,30)(H,27,29)/t17-,19+/m1/s1. The third-order valence-corrected chi connectivity index (χ3v) is 6.02. The molecule has 2 atom stereocenters. The second-order valence-electron chi connectivity index (χ2n) is 7.98. The zero-order valence-corrected chi connectivity index (χ0v) is 18.4. The minimum Gasteiger partial charge on any atom is -0.350 e. The Bertz CT molecular complexity index is 886. The number of hydrogen-bond donors (Lipinski definition) is 2. The predicted molar refractivity (Wildman–Crippen MR) is 122 cm³/mol. The molecule has 1 aliphatic heterocycles. The van der Waals surface area contributed by atoms with Crippen LogP contribution < -0.4 is 10.6 Å². The number of carbonyl (C=O) groups excluding carboxylic acids is 2. The van der Waals surface area contributed by atoms with Crippen LogP contribution in [-0.4, -0.2) is 35.8 Å². The third-order valence-electron chi connectivity index (χ3n) is 5.65. The molecule has 2 amide bonds. The van der Waals surface area contributed by atoms with Crippen LogP contribution in [0.2, 0.25) is 5.02 Å². The second-order valence-corrected chi connectivity index (χ2v) is 8.39. The number of carbonyl (C=O) groups is 2. The molecule has 0 bridgehead atoms. The number of rotatable bonds is 7. The maximum absolute atomic E-state index is 13.0. The molecule has 2 N–H and O–H groups in total. The topological polar surface area (TPSA) is 61.4 Å². The lowest BCUT2D eigenvalue weighted by Gasteiger charge is -2.32. The summed E-state index contributed by atoms with van der Waals surface area (Å²) < 4.78 is 0. The smallest absolute Gasteiger partial charge is 0.253 e. The van der Waals surface area contributed by atoms with Crippen molar-refractivity contribution in [3.8, 4) is 0 Å². The van der Waals surface area contributed by atoms with Gasteiger partial charge in [-0.3, -0.25) is 14.5 Å². The van der Waals surface area contributed by atoms with Gasteiger partial charge in [0.25, 0.3) is 5.91 Å². The van der Waals surface area contributed by atoms with E-state index in [9.17, 15) is 9.59 Å². The summed E-state index contributed by atoms with van der Waals surface area (Å²) in [6.45, 7) is 6.35. The fraction of sp³-hybridized carbons (Fsp3) is 0.417. The van der Waals surface area contributed by atoms with Gasteiger partial charge < -0.3 is 10.6 Å². The normalized spacial score (nSPS) is 17.9. The summed E-state index contributed by atoms with van der Waals surface area (Å²) in [5.41, 5.74) is 2.13. The Balaban J connectivity index is 1.64. The zero-order chi connectivity index (χ0) is 21.5. The van der Waals surface area contributed by atoms with Crippen molar-refractivity contribution in [1.82, 2.24) is 10.2 Å². The van der Waals surface area contributed by atoms with Crippen LogP contribution in [0.4, 0.5) is 5.69 Å². The van der Waals surface area contributed by atoms with Crippen molar-refractivity contribution in [2.45, 2.75) is 45.7 Å². The van der Waals surface area contributed by atoms with Gasteiger partial charge in [0.1, 0.15) is 0 Å². The zero-order valence-electron chi connectivity index (χ0n) is 17.7. The van der Waals surface area contributed by atoms with Gasteiger partial charge in [0.05, 0.1) is 17.2 Å². The molecule has 0 saturated carbocycles. The van der Waals surface area contributed by atoms with Gasteiger partial charge in [0, 0.05) is 24.2 Å². The summed E-state index contributed by atoms with van der Waals surface area (Å²) in [6, 6.07) is 15.1. The SMILES string of the molecule is CC[C@@H](C)NC(=O)c1ccccc1NC(=O)[C@H]1CCCN(Cc2ccccc2Cl)C1. The maximum Gasteiger partial charge on any atom is 0.253 e. The van der Waals surface area contributed by atoms with E-state index in [-0.39, 0.29) is 23.8 Å². The minimum atomic E-state index is -0.163. The van der Waals surface area contributed by atoms with E-state index in [1.165, 1.54) is 0 Å². The molecule has 5 nitrogen and oxygen atoms in total. The summed E-state index contributed by atoms with van der Waals surface area (Å²) in [4.78, 5) is 27.9. The third kappa shape index (κ3) is 5.83. The van der Waals surface area contributed by atoms with Gasteiger partial charge in [-0.15, -0.1) is 0 Å². The highest BCUT2D eigenvalue weighted by atomic mass is 35.5. The van der Waals surface area contributed by atoms with E-state index in [0.29, 0.717) is 17.8 Å². The van der Waals surface area contributed by atoms with E-state index in [2.05, 4.69) is 15.5 Å². The van der Waals surface area contributed by atoms with Gasteiger partial charge in [0.2, 0.25) is 5.91 Å². The first-order valence-corrected chi connectivity index (χ1v) is 11.0. The lowest BCUT2D eigenvalue weighted by molar-refractivity contribution is -0.121. The van der Waals surface area contributed by atoms with Gasteiger partial charge in [-0.05, 0) is 56.5 Å². The van der Waals surface area contributed by atoms with Crippen molar-refractivity contribution in [3.05, 3.63) is 64.7 Å². The molecule has 1 saturated heterocycles. The highest BCUT2D eigenvalue weighted by molar-refractivity contribution is 6.31. The molecular weight excluding hydrogens is 398 g/mol. The summed E-state index contributed by atoms with van der Waals surface area (Å²) in [6.07, 6.45) is 2.65. The molecule has 3 rings (SSSR count). The number of nitrogens with zero attached hydrogens (tertiary/aromatic N) is 1. The predicted octanol–water partition coefficient (Wildman–Crippen LogP) is 4.72. The number of hydrogen-bond acceptors (Lipinski definition) is 3. The molecule has 160 valence electrons. The lowest BCUT2D eigenvalue weighted by Crippen LogP contribution is -2.40. The van der Waals surface area contributed by atoms with Crippen molar-refractivity contribution in [2.75, 3.05) is 18.4 Å². The molecule has 0 radical (unpaired) electrons. The van der Waals surface area contributed by atoms with E-state index in [4.69, 9.17) is 11.6 Å². The number of likely N-dealkylation sites (tertiary alicyclic amines) is 1. The molecule has 1 fully saturated rings. The van der Waals surface area contributed by atoms with Crippen LogP contribution in [0.3, 0.4) is 0 Å². The Labute approximate surface area is 183 Å². The van der Waals surface area contributed by atoms with Gasteiger partial charge in [-0.2, -0.15) is 0 Å². The number of anilines is 1. The second kappa shape index (κ2) is 10.6. The first-order valence-electron chi connectivity index (χ1n) is 10.6. The van der Waals surface area contributed by atoms with Crippen LogP contribution in [0, 0.1) is 5.92 Å². The average molecular weight is 428 g/mol. The quantitative estimate of drug-likeness (QED) is 0.672. The fourth-order valence-corrected chi connectivity index (χ4v) is 3.90. The van der Waals surface area contributed by atoms with Gasteiger partial charge in [0.15, 0.2) is 0 Å². The fourth-order valence-electron chi connectivity index (χ4n) is 3.71. The Morgan fingerprint density at radius 1 is 1.17 bits per heavy atom. The molecule has 0 aliphatic carbocycles. The Morgan fingerprint density at radius 2 is 1.90 bits per heavy atom. The molecule has 1 heterocycles. The van der Waals surface area contributed by atoms with E-state index in [1.807, 2.05) is 50.2 Å². The Morgan fingerprint density at radius 3 is 2.67 bits per heavy atom. The van der Waals surface area contributed by atoms with Crippen molar-refractivity contribution in [2.24, 2.45) is 5.92 Å². The first kappa shape index (κ1) is 22.3. The maximum atomic E-state index is 13.0. The lowest BCUT2D eigenvalue weighted by atomic mass is 9.96. The average Bonchev–Trinajstić information content (AvgIpc) is 2.75. The summed E-state index contributed by atoms with van der Waals surface area (Å²) >= 11 is 6.30. The van der Waals surface area contributed by atoms with Gasteiger partial charge in [-0.1, -0.05) is 48.9 Å². The molecule has 2 aromatic carbocycles. The number of benzene rings is 2. The molecule has 0 spiro atoms. The number of amides is 2. The Kier molecular flexibility index (Phi) is 7.88. The number of para-hydroxylation sites is 1. The number of nitrogens with one attached hydrogen (secondary N) is 2. The monoisotopic (exact) mass is 427 g/mol. The molecule has 2 aromatic rings. The van der Waals surface area contributed by atoms with E-state index < -0.39 is 0 Å². The van der Waals surface area contributed by atoms with Gasteiger partial charge in [-0.25, -0.2) is 0 Å². The summed E-state index contributed by atoms with van der Waals surface area (Å²) in [7, 11) is 0. The van der Waals surface area contributed by atoms with Crippen LogP contribution in [0.5, 0.6) is 0 Å². The molecule has 0 unspecified atom stereocenters. The van der Waals surface area contributed by atoms with Crippen LogP contribution in [0.1, 0.15) is 49.0 Å². The first-order chi connectivity index (χ1) is 14.5. The molecule has 0 aromatic heterocycles. The van der Waals surface area contributed by atoms with Crippen molar-refractivity contribution in [3.63, 3.8) is 0 Å². The van der Waals surface area contributed by atoms with E-state index >= 15 is 0 Å². The number of piperidine rings is 1. The van der Waals surface area contributed by atoms with Crippen molar-refractivity contribution < 1.29 is 9.59 Å². The number of halogens is 1. The van der Waals surface area contributed by atoms with Crippen LogP contribution >= 0.6 is 11.6 Å². The van der Waals surface area contributed by atoms with Crippen LogP contribution in [0.15, 0.2) is 48.5 Å². The van der Waals surface area contributed by atoms with Crippen molar-refractivity contribution in [1.29, 1.82) is 0 Å². The molecule has 6 heteroatoms. The molecule has 30 heavy (non-hydrogen) atoms. The van der Waals surface area contributed by atoms with Crippen LogP contribution in [-0.2, 0) is 11.3 Å². The largest absolute Gasteiger partial charge is 0.350 e. The minimum absolute atomic E-state index is 0.0392. The van der Waals surface area contributed by atoms with Crippen LogP contribution in [0.25, 0.3) is 0 Å². The van der Waals surface area contributed by atoms with Crippen molar-refractivity contribution >= 4 is 29.1 Å². The summed E-state index contributed by atoms with van der Waals surface area (Å²) in [5.74, 6) is -0.321. The molecule has 1 aliphatic rings. The van der Waals surface area contributed by atoms with E-state index in [1.54, 1.807) is 12.1 Å². The van der Waals surface area contributed by atoms with Gasteiger partial charge >= 0.3 is 0 Å². The highest BCUT2D eigenvalue weighted by Crippen LogP contribution is 2.24. The molecular formula is C24H30ClN3O2. The summed E-state index contributed by atoms with van der Waals surface area (Å²) in [5, 5.41) is 6.72. The highest BCUT2D eigenvalue weighted by Gasteiger charge is 2.27. The van der Waals surface area contributed by atoms with E-state index in [0.717, 1.165) is 42.9 Å². The Hall–Kier alpha value is -2.37.